The lowest BCUT2D eigenvalue weighted by molar-refractivity contribution is -0.0313. The third kappa shape index (κ3) is 4.30. The minimum absolute atomic E-state index is 0.220. The van der Waals surface area contributed by atoms with Crippen LogP contribution in [0.25, 0.3) is 11.4 Å². The highest BCUT2D eigenvalue weighted by Crippen LogP contribution is 2.39. The summed E-state index contributed by atoms with van der Waals surface area (Å²) in [6.45, 7) is 1.87. The number of rotatable bonds is 7. The maximum atomic E-state index is 6.23. The van der Waals surface area contributed by atoms with Crippen LogP contribution in [0.1, 0.15) is 50.5 Å². The highest BCUT2D eigenvalue weighted by Gasteiger charge is 2.42. The number of halogens is 1. The van der Waals surface area contributed by atoms with Crippen LogP contribution < -0.4 is 14.2 Å². The van der Waals surface area contributed by atoms with Gasteiger partial charge in [0, 0.05) is 17.0 Å². The summed E-state index contributed by atoms with van der Waals surface area (Å²) in [6.07, 6.45) is 5.19. The minimum atomic E-state index is -0.896. The fraction of sp³-hybridized carbons (Fsp3) is 0.400. The molecule has 34 heavy (non-hydrogen) atoms. The van der Waals surface area contributed by atoms with E-state index >= 15 is 0 Å². The van der Waals surface area contributed by atoms with Gasteiger partial charge in [-0.1, -0.05) is 21.9 Å². The predicted octanol–water partition coefficient (Wildman–Crippen LogP) is 5.77. The molecular weight excluding hydrogens is 458 g/mol. The number of nitrogens with zero attached hydrogens (tertiary/aromatic N) is 3. The van der Waals surface area contributed by atoms with Crippen molar-refractivity contribution in [3.63, 3.8) is 0 Å². The molecule has 0 N–H and O–H groups in total. The predicted molar refractivity (Wildman–Crippen MR) is 127 cm³/mol. The Morgan fingerprint density at radius 2 is 1.79 bits per heavy atom. The molecule has 1 saturated carbocycles. The van der Waals surface area contributed by atoms with E-state index in [9.17, 15) is 0 Å². The number of hydrogen-bond acceptors (Lipinski definition) is 8. The molecule has 0 radical (unpaired) electrons. The standard InChI is InChI=1S/C25H26ClN3O5/c1-25(24-27-23(29-33-24)18-10-9-16(26)13-21(18)31-3)14-19(28-34-25)15-8-11-20(30-2)22(12-15)32-17-6-4-5-7-17/h8-13,17H,4-7,14H2,1-3H3. The second-order valence-electron chi connectivity index (χ2n) is 8.69. The lowest BCUT2D eigenvalue weighted by atomic mass is 9.95. The molecule has 1 aliphatic carbocycles. The summed E-state index contributed by atoms with van der Waals surface area (Å²) in [5.41, 5.74) is 1.45. The zero-order valence-electron chi connectivity index (χ0n) is 19.3. The molecule has 1 atom stereocenters. The van der Waals surface area contributed by atoms with Gasteiger partial charge in [0.1, 0.15) is 5.75 Å². The van der Waals surface area contributed by atoms with Crippen LogP contribution in [0.5, 0.6) is 17.2 Å². The van der Waals surface area contributed by atoms with Gasteiger partial charge in [0.05, 0.1) is 31.6 Å². The number of benzene rings is 2. The monoisotopic (exact) mass is 483 g/mol. The fourth-order valence-electron chi connectivity index (χ4n) is 4.34. The van der Waals surface area contributed by atoms with E-state index in [4.69, 9.17) is 35.2 Å². The van der Waals surface area contributed by atoms with Gasteiger partial charge in [0.25, 0.3) is 5.89 Å². The molecule has 8 nitrogen and oxygen atoms in total. The first-order chi connectivity index (χ1) is 16.5. The average Bonchev–Trinajstić information content (AvgIpc) is 3.61. The van der Waals surface area contributed by atoms with Crippen LogP contribution in [0.15, 0.2) is 46.1 Å². The van der Waals surface area contributed by atoms with Gasteiger partial charge in [-0.3, -0.25) is 0 Å². The second kappa shape index (κ2) is 9.18. The van der Waals surface area contributed by atoms with Crippen molar-refractivity contribution in [3.05, 3.63) is 52.9 Å². The molecule has 2 aromatic carbocycles. The third-order valence-corrected chi connectivity index (χ3v) is 6.47. The average molecular weight is 484 g/mol. The minimum Gasteiger partial charge on any atom is -0.496 e. The lowest BCUT2D eigenvalue weighted by Gasteiger charge is -2.17. The summed E-state index contributed by atoms with van der Waals surface area (Å²) < 4.78 is 22.7. The van der Waals surface area contributed by atoms with Crippen LogP contribution >= 0.6 is 11.6 Å². The SMILES string of the molecule is COc1ccc(C2=NOC(C)(c3nc(-c4ccc(Cl)cc4OC)no3)C2)cc1OC1CCCC1. The Morgan fingerprint density at radius 3 is 2.56 bits per heavy atom. The Kier molecular flexibility index (Phi) is 6.08. The van der Waals surface area contributed by atoms with Gasteiger partial charge < -0.3 is 23.6 Å². The van der Waals surface area contributed by atoms with Crippen molar-refractivity contribution in [2.75, 3.05) is 14.2 Å². The first-order valence-electron chi connectivity index (χ1n) is 11.3. The molecule has 0 saturated heterocycles. The molecule has 2 heterocycles. The summed E-state index contributed by atoms with van der Waals surface area (Å²) in [5, 5.41) is 9.03. The number of hydrogen-bond donors (Lipinski definition) is 0. The van der Waals surface area contributed by atoms with E-state index in [2.05, 4.69) is 15.3 Å². The van der Waals surface area contributed by atoms with Crippen molar-refractivity contribution in [2.45, 2.75) is 50.7 Å². The zero-order chi connectivity index (χ0) is 23.7. The Bertz CT molecular complexity index is 1220. The topological polar surface area (TPSA) is 88.2 Å². The highest BCUT2D eigenvalue weighted by molar-refractivity contribution is 6.30. The number of ether oxygens (including phenoxy) is 3. The van der Waals surface area contributed by atoms with Crippen LogP contribution in [0.3, 0.4) is 0 Å². The lowest BCUT2D eigenvalue weighted by Crippen LogP contribution is -2.22. The number of aromatic nitrogens is 2. The van der Waals surface area contributed by atoms with Gasteiger partial charge in [-0.2, -0.15) is 4.98 Å². The van der Waals surface area contributed by atoms with Crippen molar-refractivity contribution < 1.29 is 23.6 Å². The molecule has 0 bridgehead atoms. The van der Waals surface area contributed by atoms with Gasteiger partial charge in [0.15, 0.2) is 11.5 Å². The van der Waals surface area contributed by atoms with Crippen LogP contribution in [-0.2, 0) is 10.4 Å². The van der Waals surface area contributed by atoms with E-state index < -0.39 is 5.60 Å². The Labute approximate surface area is 202 Å². The summed E-state index contributed by atoms with van der Waals surface area (Å²) in [4.78, 5) is 10.4. The molecule has 5 rings (SSSR count). The van der Waals surface area contributed by atoms with E-state index in [0.717, 1.165) is 29.9 Å². The molecule has 9 heteroatoms. The fourth-order valence-corrected chi connectivity index (χ4v) is 4.50. The summed E-state index contributed by atoms with van der Waals surface area (Å²) >= 11 is 6.07. The molecule has 1 unspecified atom stereocenters. The van der Waals surface area contributed by atoms with Crippen LogP contribution in [0.2, 0.25) is 5.02 Å². The molecule has 1 fully saturated rings. The third-order valence-electron chi connectivity index (χ3n) is 6.24. The largest absolute Gasteiger partial charge is 0.496 e. The first kappa shape index (κ1) is 22.5. The van der Waals surface area contributed by atoms with Crippen LogP contribution in [0, 0.1) is 0 Å². The highest BCUT2D eigenvalue weighted by atomic mass is 35.5. The van der Waals surface area contributed by atoms with Gasteiger partial charge in [-0.05, 0) is 69.0 Å². The Morgan fingerprint density at radius 1 is 1.00 bits per heavy atom. The van der Waals surface area contributed by atoms with Crippen molar-refractivity contribution in [3.8, 4) is 28.6 Å². The number of oxime groups is 1. The molecule has 3 aromatic rings. The summed E-state index contributed by atoms with van der Waals surface area (Å²) in [7, 11) is 3.21. The maximum absolute atomic E-state index is 6.23. The summed E-state index contributed by atoms with van der Waals surface area (Å²) in [5.74, 6) is 2.70. The van der Waals surface area contributed by atoms with E-state index in [0.29, 0.717) is 40.2 Å². The van der Waals surface area contributed by atoms with Crippen LogP contribution in [0.4, 0.5) is 0 Å². The quantitative estimate of drug-likeness (QED) is 0.421. The smallest absolute Gasteiger partial charge is 0.274 e. The maximum Gasteiger partial charge on any atom is 0.274 e. The van der Waals surface area contributed by atoms with Crippen molar-refractivity contribution >= 4 is 17.3 Å². The van der Waals surface area contributed by atoms with Crippen molar-refractivity contribution in [1.29, 1.82) is 0 Å². The van der Waals surface area contributed by atoms with E-state index in [1.54, 1.807) is 32.4 Å². The zero-order valence-corrected chi connectivity index (χ0v) is 20.1. The Hall–Kier alpha value is -3.26. The molecule has 178 valence electrons. The summed E-state index contributed by atoms with van der Waals surface area (Å²) in [6, 6.07) is 11.1. The van der Waals surface area contributed by atoms with Gasteiger partial charge >= 0.3 is 0 Å². The van der Waals surface area contributed by atoms with Crippen molar-refractivity contribution in [2.24, 2.45) is 5.16 Å². The molecule has 0 amide bonds. The second-order valence-corrected chi connectivity index (χ2v) is 9.13. The van der Waals surface area contributed by atoms with E-state index in [1.165, 1.54) is 12.8 Å². The molecule has 0 spiro atoms. The van der Waals surface area contributed by atoms with Gasteiger partial charge in [0.2, 0.25) is 11.4 Å². The molecular formula is C25H26ClN3O5. The molecule has 2 aliphatic rings. The Balaban J connectivity index is 1.36. The van der Waals surface area contributed by atoms with Gasteiger partial charge in [-0.15, -0.1) is 0 Å². The van der Waals surface area contributed by atoms with Gasteiger partial charge in [-0.25, -0.2) is 0 Å². The first-order valence-corrected chi connectivity index (χ1v) is 11.6. The van der Waals surface area contributed by atoms with E-state index in [-0.39, 0.29) is 6.10 Å². The van der Waals surface area contributed by atoms with E-state index in [1.807, 2.05) is 25.1 Å². The molecule has 1 aliphatic heterocycles. The molecule has 1 aromatic heterocycles. The van der Waals surface area contributed by atoms with Crippen molar-refractivity contribution in [1.82, 2.24) is 10.1 Å². The van der Waals surface area contributed by atoms with Crippen LogP contribution in [-0.4, -0.2) is 36.2 Å². The normalized spacial score (nSPS) is 20.2. The number of methoxy groups -OCH3 is 2.